The first-order valence-corrected chi connectivity index (χ1v) is 19.4. The van der Waals surface area contributed by atoms with Gasteiger partial charge in [-0.3, -0.25) is 28.8 Å². The molecule has 5 N–H and O–H groups in total. The second-order valence-electron chi connectivity index (χ2n) is 15.5. The Labute approximate surface area is 310 Å². The largest absolute Gasteiger partial charge is 0.381 e. The minimum Gasteiger partial charge on any atom is -0.381 e. The lowest BCUT2D eigenvalue weighted by Gasteiger charge is -2.34. The molecule has 12 nitrogen and oxygen atoms in total. The Morgan fingerprint density at radius 1 is 0.865 bits per heavy atom. The van der Waals surface area contributed by atoms with Gasteiger partial charge in [-0.05, 0) is 68.3 Å². The predicted molar refractivity (Wildman–Crippen MR) is 199 cm³/mol. The molecule has 8 atom stereocenters. The number of nitrogens with zero attached hydrogens (tertiary/aromatic N) is 1. The van der Waals surface area contributed by atoms with Crippen molar-refractivity contribution in [3.8, 4) is 0 Å². The molecule has 2 fully saturated rings. The smallest absolute Gasteiger partial charge is 0.251 e. The number of benzene rings is 1. The van der Waals surface area contributed by atoms with Crippen LogP contribution in [0.15, 0.2) is 30.3 Å². The van der Waals surface area contributed by atoms with E-state index in [1.165, 1.54) is 0 Å². The van der Waals surface area contributed by atoms with Gasteiger partial charge in [0, 0.05) is 38.8 Å². The van der Waals surface area contributed by atoms with Crippen molar-refractivity contribution in [2.75, 3.05) is 13.6 Å². The number of carbonyl (C=O) groups excluding carboxylic acids is 6. The first-order chi connectivity index (χ1) is 24.7. The molecule has 1 aliphatic carbocycles. The Bertz CT molecular complexity index is 1370. The molecule has 0 bridgehead atoms. The van der Waals surface area contributed by atoms with Crippen molar-refractivity contribution in [3.63, 3.8) is 0 Å². The van der Waals surface area contributed by atoms with E-state index < -0.39 is 42.0 Å². The van der Waals surface area contributed by atoms with Gasteiger partial charge in [-0.25, -0.2) is 0 Å². The van der Waals surface area contributed by atoms with E-state index in [0.717, 1.165) is 24.8 Å². The zero-order valence-electron chi connectivity index (χ0n) is 32.3. The minimum atomic E-state index is -1.49. The topological polar surface area (TPSA) is 174 Å². The van der Waals surface area contributed by atoms with Crippen LogP contribution in [-0.2, 0) is 28.8 Å². The van der Waals surface area contributed by atoms with E-state index >= 15 is 0 Å². The van der Waals surface area contributed by atoms with Gasteiger partial charge in [0.2, 0.25) is 23.6 Å². The van der Waals surface area contributed by atoms with Crippen molar-refractivity contribution >= 4 is 35.3 Å². The molecule has 2 aliphatic rings. The van der Waals surface area contributed by atoms with Crippen LogP contribution in [0.1, 0.15) is 117 Å². The molecular weight excluding hydrogens is 662 g/mol. The summed E-state index contributed by atoms with van der Waals surface area (Å²) < 4.78 is 0. The highest BCUT2D eigenvalue weighted by molar-refractivity contribution is 5.95. The second kappa shape index (κ2) is 20.4. The number of aliphatic hydroxyl groups is 1. The van der Waals surface area contributed by atoms with Crippen LogP contribution in [0.4, 0.5) is 0 Å². The van der Waals surface area contributed by atoms with Gasteiger partial charge in [0.1, 0.15) is 17.9 Å². The zero-order valence-corrected chi connectivity index (χ0v) is 32.3. The molecule has 3 unspecified atom stereocenters. The van der Waals surface area contributed by atoms with Crippen LogP contribution in [-0.4, -0.2) is 83.1 Å². The number of hydrogen-bond acceptors (Lipinski definition) is 7. The van der Waals surface area contributed by atoms with E-state index in [1.807, 2.05) is 71.9 Å². The molecule has 3 rings (SSSR count). The fourth-order valence-electron chi connectivity index (χ4n) is 7.73. The van der Waals surface area contributed by atoms with Gasteiger partial charge in [-0.15, -0.1) is 0 Å². The first-order valence-electron chi connectivity index (χ1n) is 19.4. The molecule has 0 aromatic heterocycles. The maximum atomic E-state index is 14.4. The van der Waals surface area contributed by atoms with Crippen LogP contribution in [0.5, 0.6) is 0 Å². The maximum absolute atomic E-state index is 14.4. The van der Waals surface area contributed by atoms with E-state index in [1.54, 1.807) is 11.9 Å². The second-order valence-corrected chi connectivity index (χ2v) is 15.5. The fourth-order valence-corrected chi connectivity index (χ4v) is 7.73. The van der Waals surface area contributed by atoms with Crippen molar-refractivity contribution in [1.82, 2.24) is 26.2 Å². The van der Waals surface area contributed by atoms with Crippen LogP contribution in [0.2, 0.25) is 0 Å². The van der Waals surface area contributed by atoms with E-state index in [0.29, 0.717) is 38.6 Å². The monoisotopic (exact) mass is 725 g/mol. The van der Waals surface area contributed by atoms with Gasteiger partial charge >= 0.3 is 0 Å². The van der Waals surface area contributed by atoms with Crippen LogP contribution in [0.3, 0.4) is 0 Å². The van der Waals surface area contributed by atoms with Gasteiger partial charge < -0.3 is 31.3 Å². The van der Waals surface area contributed by atoms with Crippen molar-refractivity contribution in [2.45, 2.75) is 136 Å². The summed E-state index contributed by atoms with van der Waals surface area (Å²) in [5, 5.41) is 22.5. The van der Waals surface area contributed by atoms with Gasteiger partial charge in [-0.1, -0.05) is 77.8 Å². The first kappa shape index (κ1) is 42.6. The Morgan fingerprint density at radius 2 is 1.54 bits per heavy atom. The van der Waals surface area contributed by atoms with Crippen molar-refractivity contribution in [3.05, 3.63) is 35.9 Å². The summed E-state index contributed by atoms with van der Waals surface area (Å²) in [5.74, 6) is -2.85. The molecule has 0 radical (unpaired) electrons. The highest BCUT2D eigenvalue weighted by Gasteiger charge is 2.51. The SMILES string of the molecule is CCCC(NC(=O)C1[C@H]2CCC[C@H]2CN1C(=O)[C@@H](NC(=O)[C@@H](CC(=O)CCCCC(=O)NC)C(C)C)C(C)C)C(O)C(=O)N[C@@H](C)c1ccccc1. The number of likely N-dealkylation sites (tertiary alicyclic amines) is 1. The number of hydrogen-bond donors (Lipinski definition) is 5. The van der Waals surface area contributed by atoms with Crippen molar-refractivity contribution in [2.24, 2.45) is 29.6 Å². The van der Waals surface area contributed by atoms with Gasteiger partial charge in [0.25, 0.3) is 5.91 Å². The number of amides is 5. The third kappa shape index (κ3) is 11.6. The lowest BCUT2D eigenvalue weighted by atomic mass is 9.88. The summed E-state index contributed by atoms with van der Waals surface area (Å²) in [5.41, 5.74) is 0.888. The minimum absolute atomic E-state index is 0.0419. The maximum Gasteiger partial charge on any atom is 0.251 e. The summed E-state index contributed by atoms with van der Waals surface area (Å²) in [6, 6.07) is 6.51. The predicted octanol–water partition coefficient (Wildman–Crippen LogP) is 3.82. The van der Waals surface area contributed by atoms with Crippen LogP contribution in [0, 0.1) is 29.6 Å². The Hall–Kier alpha value is -3.80. The summed E-state index contributed by atoms with van der Waals surface area (Å²) in [6.07, 6.45) is 3.89. The average Bonchev–Trinajstić information content (AvgIpc) is 3.72. The van der Waals surface area contributed by atoms with E-state index in [-0.39, 0.29) is 66.1 Å². The number of rotatable bonds is 20. The highest BCUT2D eigenvalue weighted by Crippen LogP contribution is 2.43. The van der Waals surface area contributed by atoms with E-state index in [9.17, 15) is 33.9 Å². The van der Waals surface area contributed by atoms with Crippen molar-refractivity contribution in [1.29, 1.82) is 0 Å². The van der Waals surface area contributed by atoms with Crippen LogP contribution in [0.25, 0.3) is 0 Å². The quantitative estimate of drug-likeness (QED) is 0.127. The molecule has 0 spiro atoms. The molecule has 1 aliphatic heterocycles. The standard InChI is InChI=1S/C40H63N5O7/c1-8-15-32(36(48)39(51)42-26(6)27-16-10-9-11-17-27)43-38(50)35-30-20-14-18-28(30)23-45(35)40(52)34(25(4)5)44-37(49)31(24(2)3)22-29(46)19-12-13-21-33(47)41-7/h9-11,16-17,24-26,28,30-32,34-36,48H,8,12-15,18-23H2,1-7H3,(H,41,47)(H,42,51)(H,43,50)(H,44,49)/t26-,28-,30-,31-,32?,34-,35?,36?/m0/s1. The van der Waals surface area contributed by atoms with Crippen LogP contribution >= 0.6 is 0 Å². The van der Waals surface area contributed by atoms with Gasteiger partial charge in [-0.2, -0.15) is 0 Å². The third-order valence-electron chi connectivity index (χ3n) is 10.9. The molecule has 1 saturated heterocycles. The summed E-state index contributed by atoms with van der Waals surface area (Å²) in [4.78, 5) is 81.4. The lowest BCUT2D eigenvalue weighted by Crippen LogP contribution is -2.59. The number of fused-ring (bicyclic) bond motifs is 1. The molecule has 290 valence electrons. The summed E-state index contributed by atoms with van der Waals surface area (Å²) in [6.45, 7) is 11.6. The normalized spacial score (nSPS) is 21.1. The fraction of sp³-hybridized carbons (Fsp3) is 0.700. The number of unbranched alkanes of at least 4 members (excludes halogenated alkanes) is 1. The van der Waals surface area contributed by atoms with Gasteiger partial charge in [0.15, 0.2) is 6.10 Å². The highest BCUT2D eigenvalue weighted by atomic mass is 16.3. The molecule has 1 saturated carbocycles. The zero-order chi connectivity index (χ0) is 38.5. The molecule has 1 aromatic rings. The summed E-state index contributed by atoms with van der Waals surface area (Å²) in [7, 11) is 1.57. The Kier molecular flexibility index (Phi) is 16.8. The third-order valence-corrected chi connectivity index (χ3v) is 10.9. The molecule has 1 heterocycles. The Morgan fingerprint density at radius 3 is 2.15 bits per heavy atom. The Balaban J connectivity index is 1.73. The van der Waals surface area contributed by atoms with E-state index in [2.05, 4.69) is 21.3 Å². The van der Waals surface area contributed by atoms with Crippen molar-refractivity contribution < 1.29 is 33.9 Å². The van der Waals surface area contributed by atoms with Crippen LogP contribution < -0.4 is 21.3 Å². The molecule has 12 heteroatoms. The van der Waals surface area contributed by atoms with Gasteiger partial charge in [0.05, 0.1) is 12.1 Å². The lowest BCUT2D eigenvalue weighted by molar-refractivity contribution is -0.145. The summed E-state index contributed by atoms with van der Waals surface area (Å²) >= 11 is 0. The molecular formula is C40H63N5O7. The average molecular weight is 726 g/mol. The number of Topliss-reactive ketones (excluding diaryl/α,β-unsaturated/α-hetero) is 1. The number of aliphatic hydroxyl groups excluding tert-OH is 1. The number of ketones is 1. The van der Waals surface area contributed by atoms with E-state index in [4.69, 9.17) is 0 Å². The number of carbonyl (C=O) groups is 6. The number of nitrogens with one attached hydrogen (secondary N) is 4. The molecule has 1 aromatic carbocycles. The molecule has 5 amide bonds. The molecule has 52 heavy (non-hydrogen) atoms.